The topological polar surface area (TPSA) is 60.5 Å². The van der Waals surface area contributed by atoms with E-state index in [2.05, 4.69) is 10.3 Å². The van der Waals surface area contributed by atoms with Crippen molar-refractivity contribution in [3.8, 4) is 0 Å². The molecule has 2 atom stereocenters. The number of nitrogens with zero attached hydrogens (tertiary/aromatic N) is 1. The number of amides is 1. The summed E-state index contributed by atoms with van der Waals surface area (Å²) >= 11 is 0. The molecule has 1 aliphatic heterocycles. The molecule has 5 heteroatoms. The van der Waals surface area contributed by atoms with Crippen LogP contribution in [0.3, 0.4) is 0 Å². The van der Waals surface area contributed by atoms with Gasteiger partial charge < -0.3 is 14.8 Å². The Morgan fingerprint density at radius 1 is 1.39 bits per heavy atom. The Balaban J connectivity index is 1.90. The number of fused-ring (bicyclic) bond motifs is 1. The molecule has 122 valence electrons. The maximum atomic E-state index is 12.8. The van der Waals surface area contributed by atoms with E-state index >= 15 is 0 Å². The number of aryl methyl sites for hydroxylation is 2. The van der Waals surface area contributed by atoms with Crippen molar-refractivity contribution in [1.82, 2.24) is 10.3 Å². The molecule has 0 radical (unpaired) electrons. The largest absolute Gasteiger partial charge is 0.376 e. The van der Waals surface area contributed by atoms with Crippen molar-refractivity contribution >= 4 is 16.8 Å². The zero-order valence-electron chi connectivity index (χ0n) is 13.8. The minimum absolute atomic E-state index is 0.0834. The number of hydrogen-bond acceptors (Lipinski definition) is 4. The minimum Gasteiger partial charge on any atom is -0.376 e. The first kappa shape index (κ1) is 15.9. The smallest absolute Gasteiger partial charge is 0.252 e. The zero-order chi connectivity index (χ0) is 16.4. The van der Waals surface area contributed by atoms with Gasteiger partial charge in [0, 0.05) is 17.7 Å². The Morgan fingerprint density at radius 2 is 2.22 bits per heavy atom. The Morgan fingerprint density at radius 3 is 3.00 bits per heavy atom. The third-order valence-electron chi connectivity index (χ3n) is 4.14. The van der Waals surface area contributed by atoms with Crippen molar-refractivity contribution in [2.24, 2.45) is 0 Å². The fourth-order valence-corrected chi connectivity index (χ4v) is 3.00. The quantitative estimate of drug-likeness (QED) is 0.941. The van der Waals surface area contributed by atoms with Crippen molar-refractivity contribution in [2.45, 2.75) is 32.9 Å². The number of pyridine rings is 1. The van der Waals surface area contributed by atoms with E-state index in [0.29, 0.717) is 25.4 Å². The lowest BCUT2D eigenvalue weighted by Crippen LogP contribution is -2.43. The van der Waals surface area contributed by atoms with Crippen LogP contribution in [0.1, 0.15) is 28.5 Å². The number of hydrogen-bond donors (Lipinski definition) is 1. The van der Waals surface area contributed by atoms with E-state index in [1.807, 2.05) is 45.0 Å². The van der Waals surface area contributed by atoms with Gasteiger partial charge in [0.1, 0.15) is 6.10 Å². The summed E-state index contributed by atoms with van der Waals surface area (Å²) in [4.78, 5) is 17.3. The van der Waals surface area contributed by atoms with Gasteiger partial charge in [-0.25, -0.2) is 0 Å². The molecular formula is C18H22N2O3. The van der Waals surface area contributed by atoms with Gasteiger partial charge in [0.25, 0.3) is 5.91 Å². The van der Waals surface area contributed by atoms with Gasteiger partial charge in [0.2, 0.25) is 0 Å². The molecule has 0 spiro atoms. The molecule has 3 rings (SSSR count). The molecule has 1 fully saturated rings. The third kappa shape index (κ3) is 3.21. The fourth-order valence-electron chi connectivity index (χ4n) is 3.00. The maximum Gasteiger partial charge on any atom is 0.252 e. The highest BCUT2D eigenvalue weighted by Crippen LogP contribution is 2.22. The molecule has 0 saturated carbocycles. The molecule has 0 bridgehead atoms. The van der Waals surface area contributed by atoms with Crippen LogP contribution in [0, 0.1) is 13.8 Å². The second-order valence-electron chi connectivity index (χ2n) is 5.89. The van der Waals surface area contributed by atoms with Gasteiger partial charge in [-0.3, -0.25) is 9.78 Å². The van der Waals surface area contributed by atoms with Crippen LogP contribution >= 0.6 is 0 Å². The van der Waals surface area contributed by atoms with Crippen molar-refractivity contribution in [3.05, 3.63) is 41.1 Å². The molecule has 1 aromatic heterocycles. The van der Waals surface area contributed by atoms with E-state index in [4.69, 9.17) is 9.47 Å². The van der Waals surface area contributed by atoms with Crippen molar-refractivity contribution in [3.63, 3.8) is 0 Å². The number of para-hydroxylation sites is 1. The highest BCUT2D eigenvalue weighted by molar-refractivity contribution is 6.06. The van der Waals surface area contributed by atoms with Gasteiger partial charge in [-0.05, 0) is 32.4 Å². The van der Waals surface area contributed by atoms with E-state index < -0.39 is 0 Å². The molecule has 1 aromatic carbocycles. The Labute approximate surface area is 136 Å². The van der Waals surface area contributed by atoms with E-state index in [-0.39, 0.29) is 18.1 Å². The van der Waals surface area contributed by atoms with Crippen LogP contribution in [0.15, 0.2) is 24.3 Å². The molecule has 1 saturated heterocycles. The predicted molar refractivity (Wildman–Crippen MR) is 88.7 cm³/mol. The molecule has 2 aromatic rings. The summed E-state index contributed by atoms with van der Waals surface area (Å²) in [6.07, 6.45) is -0.0834. The van der Waals surface area contributed by atoms with Crippen molar-refractivity contribution in [2.75, 3.05) is 19.8 Å². The van der Waals surface area contributed by atoms with Gasteiger partial charge in [-0.1, -0.05) is 18.2 Å². The first-order chi connectivity index (χ1) is 11.1. The second kappa shape index (κ2) is 6.64. The highest BCUT2D eigenvalue weighted by atomic mass is 16.5. The molecule has 5 nitrogen and oxygen atoms in total. The first-order valence-corrected chi connectivity index (χ1v) is 7.97. The number of carbonyl (C=O) groups excluding carboxylic acids is 1. The van der Waals surface area contributed by atoms with Gasteiger partial charge in [-0.15, -0.1) is 0 Å². The number of nitrogens with one attached hydrogen (secondary N) is 1. The number of ether oxygens (including phenoxy) is 2. The van der Waals surface area contributed by atoms with Crippen LogP contribution in [-0.4, -0.2) is 42.9 Å². The van der Waals surface area contributed by atoms with Gasteiger partial charge in [0.05, 0.1) is 30.3 Å². The Kier molecular flexibility index (Phi) is 4.59. The zero-order valence-corrected chi connectivity index (χ0v) is 13.8. The van der Waals surface area contributed by atoms with Crippen LogP contribution < -0.4 is 5.32 Å². The molecule has 0 unspecified atom stereocenters. The summed E-state index contributed by atoms with van der Waals surface area (Å²) < 4.78 is 11.1. The van der Waals surface area contributed by atoms with Crippen LogP contribution in [-0.2, 0) is 9.47 Å². The highest BCUT2D eigenvalue weighted by Gasteiger charge is 2.30. The summed E-state index contributed by atoms with van der Waals surface area (Å²) in [7, 11) is 0. The van der Waals surface area contributed by atoms with Crippen molar-refractivity contribution in [1.29, 1.82) is 0 Å². The summed E-state index contributed by atoms with van der Waals surface area (Å²) in [6.45, 7) is 7.47. The minimum atomic E-state index is -0.115. The second-order valence-corrected chi connectivity index (χ2v) is 5.89. The van der Waals surface area contributed by atoms with E-state index in [0.717, 1.165) is 22.2 Å². The summed E-state index contributed by atoms with van der Waals surface area (Å²) in [5.41, 5.74) is 3.43. The summed E-state index contributed by atoms with van der Waals surface area (Å²) in [5.74, 6) is -0.105. The average Bonchev–Trinajstić information content (AvgIpc) is 2.95. The molecule has 0 aliphatic carbocycles. The van der Waals surface area contributed by atoms with E-state index in [1.54, 1.807) is 0 Å². The molecule has 1 N–H and O–H groups in total. The van der Waals surface area contributed by atoms with Gasteiger partial charge >= 0.3 is 0 Å². The SMILES string of the molecule is CCO[C@H]1COC[C@@H]1NC(=O)c1cc(C)nc2c(C)cccc12. The third-order valence-corrected chi connectivity index (χ3v) is 4.14. The van der Waals surface area contributed by atoms with E-state index in [9.17, 15) is 4.79 Å². The van der Waals surface area contributed by atoms with Crippen molar-refractivity contribution < 1.29 is 14.3 Å². The molecule has 2 heterocycles. The fraction of sp³-hybridized carbons (Fsp3) is 0.444. The number of rotatable bonds is 4. The van der Waals surface area contributed by atoms with Crippen LogP contribution in [0.5, 0.6) is 0 Å². The average molecular weight is 314 g/mol. The summed E-state index contributed by atoms with van der Waals surface area (Å²) in [6, 6.07) is 7.62. The Hall–Kier alpha value is -1.98. The lowest BCUT2D eigenvalue weighted by atomic mass is 10.0. The van der Waals surface area contributed by atoms with Crippen LogP contribution in [0.2, 0.25) is 0 Å². The van der Waals surface area contributed by atoms with Gasteiger partial charge in [-0.2, -0.15) is 0 Å². The van der Waals surface area contributed by atoms with Crippen LogP contribution in [0.4, 0.5) is 0 Å². The summed E-state index contributed by atoms with van der Waals surface area (Å²) in [5, 5.41) is 3.93. The molecular weight excluding hydrogens is 292 g/mol. The number of carbonyl (C=O) groups is 1. The first-order valence-electron chi connectivity index (χ1n) is 7.97. The standard InChI is InChI=1S/C18H22N2O3/c1-4-23-16-10-22-9-15(16)20-18(21)14-8-12(3)19-17-11(2)6-5-7-13(14)17/h5-8,15-16H,4,9-10H2,1-3H3,(H,20,21)/t15-,16-/m0/s1. The van der Waals surface area contributed by atoms with Crippen LogP contribution in [0.25, 0.3) is 10.9 Å². The molecule has 1 amide bonds. The number of aromatic nitrogens is 1. The lowest BCUT2D eigenvalue weighted by molar-refractivity contribution is 0.0402. The maximum absolute atomic E-state index is 12.8. The predicted octanol–water partition coefficient (Wildman–Crippen LogP) is 2.39. The molecule has 1 aliphatic rings. The number of benzene rings is 1. The van der Waals surface area contributed by atoms with E-state index in [1.165, 1.54) is 0 Å². The van der Waals surface area contributed by atoms with Gasteiger partial charge in [0.15, 0.2) is 0 Å². The molecule has 23 heavy (non-hydrogen) atoms. The Bertz CT molecular complexity index is 730. The normalized spacial score (nSPS) is 20.8. The lowest BCUT2D eigenvalue weighted by Gasteiger charge is -2.19. The monoisotopic (exact) mass is 314 g/mol.